The van der Waals surface area contributed by atoms with Crippen LogP contribution < -0.4 is 5.32 Å². The smallest absolute Gasteiger partial charge is 0.0494 e. The van der Waals surface area contributed by atoms with Crippen LogP contribution in [-0.2, 0) is 4.74 Å². The lowest BCUT2D eigenvalue weighted by molar-refractivity contribution is 0.0518. The Balaban J connectivity index is 1.96. The SMILES string of the molecule is CCNCCC1CCCOC1. The van der Waals surface area contributed by atoms with Gasteiger partial charge in [0.15, 0.2) is 0 Å². The summed E-state index contributed by atoms with van der Waals surface area (Å²) in [5.41, 5.74) is 0. The van der Waals surface area contributed by atoms with Crippen molar-refractivity contribution in [3.63, 3.8) is 0 Å². The monoisotopic (exact) mass is 157 g/mol. The summed E-state index contributed by atoms with van der Waals surface area (Å²) in [6.07, 6.45) is 3.91. The molecule has 0 saturated carbocycles. The summed E-state index contributed by atoms with van der Waals surface area (Å²) < 4.78 is 5.38. The molecule has 1 N–H and O–H groups in total. The van der Waals surface area contributed by atoms with Crippen LogP contribution in [-0.4, -0.2) is 26.3 Å². The molecule has 0 amide bonds. The zero-order valence-corrected chi connectivity index (χ0v) is 7.44. The summed E-state index contributed by atoms with van der Waals surface area (Å²) in [6, 6.07) is 0. The topological polar surface area (TPSA) is 21.3 Å². The molecule has 1 aliphatic rings. The molecule has 0 aromatic heterocycles. The summed E-state index contributed by atoms with van der Waals surface area (Å²) in [6.45, 7) is 6.37. The van der Waals surface area contributed by atoms with Crippen molar-refractivity contribution in [3.05, 3.63) is 0 Å². The molecule has 0 spiro atoms. The zero-order valence-electron chi connectivity index (χ0n) is 7.44. The third kappa shape index (κ3) is 3.73. The highest BCUT2D eigenvalue weighted by molar-refractivity contribution is 4.63. The van der Waals surface area contributed by atoms with E-state index in [0.29, 0.717) is 0 Å². The Labute approximate surface area is 69.3 Å². The molecule has 1 rings (SSSR count). The van der Waals surface area contributed by atoms with E-state index in [2.05, 4.69) is 12.2 Å². The molecule has 1 saturated heterocycles. The molecule has 1 heterocycles. The maximum atomic E-state index is 5.38. The minimum absolute atomic E-state index is 0.822. The van der Waals surface area contributed by atoms with Crippen LogP contribution in [0.5, 0.6) is 0 Å². The Hall–Kier alpha value is -0.0800. The van der Waals surface area contributed by atoms with E-state index < -0.39 is 0 Å². The number of hydrogen-bond donors (Lipinski definition) is 1. The molecule has 1 aliphatic heterocycles. The van der Waals surface area contributed by atoms with Crippen LogP contribution in [0, 0.1) is 5.92 Å². The molecule has 2 nitrogen and oxygen atoms in total. The number of rotatable bonds is 4. The van der Waals surface area contributed by atoms with Crippen LogP contribution in [0.25, 0.3) is 0 Å². The van der Waals surface area contributed by atoms with Gasteiger partial charge in [0, 0.05) is 13.2 Å². The van der Waals surface area contributed by atoms with E-state index in [1.165, 1.54) is 19.3 Å². The number of ether oxygens (including phenoxy) is 1. The Morgan fingerprint density at radius 1 is 1.55 bits per heavy atom. The lowest BCUT2D eigenvalue weighted by atomic mass is 9.99. The van der Waals surface area contributed by atoms with E-state index in [4.69, 9.17) is 4.74 Å². The molecule has 1 unspecified atom stereocenters. The molecule has 66 valence electrons. The van der Waals surface area contributed by atoms with Crippen LogP contribution in [0.15, 0.2) is 0 Å². The fourth-order valence-corrected chi connectivity index (χ4v) is 1.52. The van der Waals surface area contributed by atoms with Gasteiger partial charge in [-0.1, -0.05) is 6.92 Å². The van der Waals surface area contributed by atoms with Crippen molar-refractivity contribution < 1.29 is 4.74 Å². The van der Waals surface area contributed by atoms with Gasteiger partial charge in [0.1, 0.15) is 0 Å². The van der Waals surface area contributed by atoms with E-state index in [9.17, 15) is 0 Å². The summed E-state index contributed by atoms with van der Waals surface area (Å²) in [7, 11) is 0. The second-order valence-corrected chi connectivity index (χ2v) is 3.23. The molecule has 0 bridgehead atoms. The number of nitrogens with one attached hydrogen (secondary N) is 1. The van der Waals surface area contributed by atoms with Crippen molar-refractivity contribution in [1.29, 1.82) is 0 Å². The maximum absolute atomic E-state index is 5.38. The first-order chi connectivity index (χ1) is 5.43. The van der Waals surface area contributed by atoms with Gasteiger partial charge in [-0.25, -0.2) is 0 Å². The zero-order chi connectivity index (χ0) is 7.94. The van der Waals surface area contributed by atoms with Gasteiger partial charge in [-0.05, 0) is 38.3 Å². The van der Waals surface area contributed by atoms with E-state index in [1.54, 1.807) is 0 Å². The molecule has 0 radical (unpaired) electrons. The predicted molar refractivity (Wildman–Crippen MR) is 46.7 cm³/mol. The van der Waals surface area contributed by atoms with Crippen LogP contribution in [0.2, 0.25) is 0 Å². The van der Waals surface area contributed by atoms with Crippen molar-refractivity contribution in [2.45, 2.75) is 26.2 Å². The molecule has 1 fully saturated rings. The van der Waals surface area contributed by atoms with Gasteiger partial charge >= 0.3 is 0 Å². The van der Waals surface area contributed by atoms with Crippen molar-refractivity contribution in [1.82, 2.24) is 5.32 Å². The van der Waals surface area contributed by atoms with Gasteiger partial charge in [-0.2, -0.15) is 0 Å². The van der Waals surface area contributed by atoms with Gasteiger partial charge in [0.25, 0.3) is 0 Å². The molecule has 1 atom stereocenters. The van der Waals surface area contributed by atoms with Crippen molar-refractivity contribution >= 4 is 0 Å². The van der Waals surface area contributed by atoms with Crippen molar-refractivity contribution in [2.75, 3.05) is 26.3 Å². The molecular formula is C9H19NO. The first-order valence-corrected chi connectivity index (χ1v) is 4.72. The average Bonchev–Trinajstić information content (AvgIpc) is 2.07. The predicted octanol–water partition coefficient (Wildman–Crippen LogP) is 1.41. The highest BCUT2D eigenvalue weighted by Gasteiger charge is 2.12. The van der Waals surface area contributed by atoms with E-state index in [-0.39, 0.29) is 0 Å². The highest BCUT2D eigenvalue weighted by atomic mass is 16.5. The lowest BCUT2D eigenvalue weighted by Gasteiger charge is -2.21. The van der Waals surface area contributed by atoms with Crippen molar-refractivity contribution in [3.8, 4) is 0 Å². The van der Waals surface area contributed by atoms with Crippen molar-refractivity contribution in [2.24, 2.45) is 5.92 Å². The molecular weight excluding hydrogens is 138 g/mol. The molecule has 0 aliphatic carbocycles. The van der Waals surface area contributed by atoms with Gasteiger partial charge in [0.2, 0.25) is 0 Å². The molecule has 2 heteroatoms. The highest BCUT2D eigenvalue weighted by Crippen LogP contribution is 2.15. The van der Waals surface area contributed by atoms with Gasteiger partial charge in [-0.3, -0.25) is 0 Å². The fraction of sp³-hybridized carbons (Fsp3) is 1.00. The minimum atomic E-state index is 0.822. The lowest BCUT2D eigenvalue weighted by Crippen LogP contribution is -2.23. The van der Waals surface area contributed by atoms with E-state index >= 15 is 0 Å². The van der Waals surface area contributed by atoms with Crippen LogP contribution in [0.4, 0.5) is 0 Å². The Kier molecular flexibility index (Phi) is 4.55. The number of hydrogen-bond acceptors (Lipinski definition) is 2. The quantitative estimate of drug-likeness (QED) is 0.623. The summed E-state index contributed by atoms with van der Waals surface area (Å²) in [5, 5.41) is 3.34. The second-order valence-electron chi connectivity index (χ2n) is 3.23. The normalized spacial score (nSPS) is 25.4. The van der Waals surface area contributed by atoms with Crippen LogP contribution >= 0.6 is 0 Å². The second kappa shape index (κ2) is 5.56. The first-order valence-electron chi connectivity index (χ1n) is 4.72. The molecule has 0 aromatic carbocycles. The summed E-state index contributed by atoms with van der Waals surface area (Å²) in [4.78, 5) is 0. The van der Waals surface area contributed by atoms with E-state index in [0.717, 1.165) is 32.2 Å². The first kappa shape index (κ1) is 9.01. The maximum Gasteiger partial charge on any atom is 0.0494 e. The molecule has 11 heavy (non-hydrogen) atoms. The Morgan fingerprint density at radius 2 is 2.45 bits per heavy atom. The van der Waals surface area contributed by atoms with Gasteiger partial charge in [-0.15, -0.1) is 0 Å². The molecule has 0 aromatic rings. The average molecular weight is 157 g/mol. The summed E-state index contributed by atoms with van der Waals surface area (Å²) in [5.74, 6) is 0.822. The third-order valence-corrected chi connectivity index (χ3v) is 2.23. The Bertz CT molecular complexity index is 89.6. The largest absolute Gasteiger partial charge is 0.381 e. The Morgan fingerprint density at radius 3 is 3.09 bits per heavy atom. The third-order valence-electron chi connectivity index (χ3n) is 2.23. The summed E-state index contributed by atoms with van der Waals surface area (Å²) >= 11 is 0. The van der Waals surface area contributed by atoms with Crippen LogP contribution in [0.1, 0.15) is 26.2 Å². The van der Waals surface area contributed by atoms with E-state index in [1.807, 2.05) is 0 Å². The fourth-order valence-electron chi connectivity index (χ4n) is 1.52. The van der Waals surface area contributed by atoms with Crippen LogP contribution in [0.3, 0.4) is 0 Å². The standard InChI is InChI=1S/C9H19NO/c1-2-10-6-5-9-4-3-7-11-8-9/h9-10H,2-8H2,1H3. The van der Waals surface area contributed by atoms with Gasteiger partial charge in [0.05, 0.1) is 0 Å². The van der Waals surface area contributed by atoms with Gasteiger partial charge < -0.3 is 10.1 Å². The minimum Gasteiger partial charge on any atom is -0.381 e.